The lowest BCUT2D eigenvalue weighted by molar-refractivity contribution is 0.0101. The fraction of sp³-hybridized carbons (Fsp3) is 1.00. The van der Waals surface area contributed by atoms with E-state index in [1.165, 1.54) is 4.31 Å². The van der Waals surface area contributed by atoms with Crippen LogP contribution in [0.3, 0.4) is 0 Å². The Hall–Kier alpha value is 0.160. The molecule has 0 radical (unpaired) electrons. The van der Waals surface area contributed by atoms with Gasteiger partial charge in [0.05, 0.1) is 18.5 Å². The maximum Gasteiger partial charge on any atom is 0.214 e. The molecule has 0 bridgehead atoms. The van der Waals surface area contributed by atoms with E-state index in [4.69, 9.17) is 16.3 Å². The second-order valence-corrected chi connectivity index (χ2v) is 6.40. The van der Waals surface area contributed by atoms with E-state index in [0.29, 0.717) is 25.6 Å². The molecule has 6 heteroatoms. The Morgan fingerprint density at radius 3 is 2.80 bits per heavy atom. The SMILES string of the molecule is CC(CCl)CS(=O)(=O)N1CCOC(C)C1. The molecule has 1 rings (SSSR count). The topological polar surface area (TPSA) is 46.6 Å². The van der Waals surface area contributed by atoms with E-state index in [0.717, 1.165) is 0 Å². The van der Waals surface area contributed by atoms with Crippen LogP contribution in [0.4, 0.5) is 0 Å². The lowest BCUT2D eigenvalue weighted by Crippen LogP contribution is -2.46. The number of alkyl halides is 1. The Morgan fingerprint density at radius 2 is 2.27 bits per heavy atom. The molecule has 4 nitrogen and oxygen atoms in total. The lowest BCUT2D eigenvalue weighted by atomic mass is 10.3. The molecular formula is C9H18ClNO3S. The van der Waals surface area contributed by atoms with E-state index in [-0.39, 0.29) is 17.8 Å². The number of ether oxygens (including phenoxy) is 1. The molecule has 0 spiro atoms. The van der Waals surface area contributed by atoms with E-state index < -0.39 is 10.0 Å². The first-order chi connectivity index (χ1) is 6.95. The van der Waals surface area contributed by atoms with Crippen LogP contribution < -0.4 is 0 Å². The molecule has 2 atom stereocenters. The highest BCUT2D eigenvalue weighted by Gasteiger charge is 2.28. The average molecular weight is 256 g/mol. The minimum Gasteiger partial charge on any atom is -0.376 e. The van der Waals surface area contributed by atoms with Gasteiger partial charge < -0.3 is 4.74 Å². The first-order valence-electron chi connectivity index (χ1n) is 5.11. The fourth-order valence-corrected chi connectivity index (χ4v) is 3.62. The van der Waals surface area contributed by atoms with Crippen molar-refractivity contribution in [2.24, 2.45) is 5.92 Å². The van der Waals surface area contributed by atoms with Crippen molar-refractivity contribution in [3.63, 3.8) is 0 Å². The Kier molecular flexibility index (Phi) is 4.83. The zero-order chi connectivity index (χ0) is 11.5. The van der Waals surface area contributed by atoms with E-state index >= 15 is 0 Å². The Bertz CT molecular complexity index is 294. The molecular weight excluding hydrogens is 238 g/mol. The highest BCUT2D eigenvalue weighted by Crippen LogP contribution is 2.13. The van der Waals surface area contributed by atoms with Gasteiger partial charge in [0, 0.05) is 19.0 Å². The largest absolute Gasteiger partial charge is 0.376 e. The fourth-order valence-electron chi connectivity index (χ4n) is 1.55. The van der Waals surface area contributed by atoms with Crippen LogP contribution in [0.15, 0.2) is 0 Å². The van der Waals surface area contributed by atoms with E-state index in [9.17, 15) is 8.42 Å². The smallest absolute Gasteiger partial charge is 0.214 e. The molecule has 0 N–H and O–H groups in total. The number of rotatable bonds is 4. The summed E-state index contributed by atoms with van der Waals surface area (Å²) >= 11 is 5.62. The van der Waals surface area contributed by atoms with Crippen LogP contribution in [0.25, 0.3) is 0 Å². The summed E-state index contributed by atoms with van der Waals surface area (Å²) in [6.07, 6.45) is -0.0140. The van der Waals surface area contributed by atoms with Gasteiger partial charge in [-0.15, -0.1) is 11.6 Å². The molecule has 1 heterocycles. The maximum atomic E-state index is 11.9. The number of morpholine rings is 1. The molecule has 0 aromatic heterocycles. The van der Waals surface area contributed by atoms with Crippen molar-refractivity contribution >= 4 is 21.6 Å². The highest BCUT2D eigenvalue weighted by atomic mass is 35.5. The van der Waals surface area contributed by atoms with Crippen LogP contribution >= 0.6 is 11.6 Å². The van der Waals surface area contributed by atoms with Gasteiger partial charge in [0.25, 0.3) is 0 Å². The standard InChI is InChI=1S/C9H18ClNO3S/c1-8(5-10)7-15(12,13)11-3-4-14-9(2)6-11/h8-9H,3-7H2,1-2H3. The van der Waals surface area contributed by atoms with Crippen molar-refractivity contribution in [3.05, 3.63) is 0 Å². The van der Waals surface area contributed by atoms with Gasteiger partial charge in [-0.05, 0) is 12.8 Å². The van der Waals surface area contributed by atoms with Crippen LogP contribution in [0.5, 0.6) is 0 Å². The predicted molar refractivity (Wildman–Crippen MR) is 60.7 cm³/mol. The van der Waals surface area contributed by atoms with E-state index in [1.807, 2.05) is 13.8 Å². The minimum atomic E-state index is -3.16. The molecule has 1 fully saturated rings. The zero-order valence-corrected chi connectivity index (χ0v) is 10.7. The summed E-state index contributed by atoms with van der Waals surface area (Å²) in [6, 6.07) is 0. The van der Waals surface area contributed by atoms with Crippen molar-refractivity contribution in [2.45, 2.75) is 20.0 Å². The molecule has 1 saturated heterocycles. The zero-order valence-electron chi connectivity index (χ0n) is 9.15. The molecule has 0 aliphatic carbocycles. The summed E-state index contributed by atoms with van der Waals surface area (Å²) in [5.41, 5.74) is 0. The van der Waals surface area contributed by atoms with Gasteiger partial charge in [-0.1, -0.05) is 6.92 Å². The number of nitrogens with zero attached hydrogens (tertiary/aromatic N) is 1. The summed E-state index contributed by atoms with van der Waals surface area (Å²) in [5.74, 6) is 0.498. The van der Waals surface area contributed by atoms with Gasteiger partial charge in [-0.25, -0.2) is 8.42 Å². The van der Waals surface area contributed by atoms with Gasteiger partial charge in [-0.2, -0.15) is 4.31 Å². The van der Waals surface area contributed by atoms with Gasteiger partial charge in [0.2, 0.25) is 10.0 Å². The van der Waals surface area contributed by atoms with Gasteiger partial charge in [-0.3, -0.25) is 0 Å². The number of hydrogen-bond donors (Lipinski definition) is 0. The highest BCUT2D eigenvalue weighted by molar-refractivity contribution is 7.89. The molecule has 15 heavy (non-hydrogen) atoms. The summed E-state index contributed by atoms with van der Waals surface area (Å²) in [7, 11) is -3.16. The van der Waals surface area contributed by atoms with Crippen molar-refractivity contribution < 1.29 is 13.2 Å². The number of halogens is 1. The Balaban J connectivity index is 2.60. The molecule has 0 aromatic carbocycles. The van der Waals surface area contributed by atoms with Crippen LogP contribution in [0.2, 0.25) is 0 Å². The van der Waals surface area contributed by atoms with Crippen LogP contribution in [0, 0.1) is 5.92 Å². The molecule has 0 amide bonds. The summed E-state index contributed by atoms with van der Waals surface area (Å²) in [4.78, 5) is 0. The van der Waals surface area contributed by atoms with Crippen LogP contribution in [-0.2, 0) is 14.8 Å². The molecule has 2 unspecified atom stereocenters. The molecule has 90 valence electrons. The van der Waals surface area contributed by atoms with E-state index in [2.05, 4.69) is 0 Å². The van der Waals surface area contributed by atoms with Gasteiger partial charge in [0.15, 0.2) is 0 Å². The second kappa shape index (κ2) is 5.48. The summed E-state index contributed by atoms with van der Waals surface area (Å²) < 4.78 is 30.6. The third-order valence-corrected chi connectivity index (χ3v) is 4.99. The van der Waals surface area contributed by atoms with Gasteiger partial charge in [0.1, 0.15) is 0 Å². The molecule has 0 saturated carbocycles. The summed E-state index contributed by atoms with van der Waals surface area (Å²) in [5, 5.41) is 0. The number of hydrogen-bond acceptors (Lipinski definition) is 3. The third kappa shape index (κ3) is 3.90. The number of sulfonamides is 1. The first kappa shape index (κ1) is 13.2. The average Bonchev–Trinajstić information content (AvgIpc) is 2.17. The van der Waals surface area contributed by atoms with Gasteiger partial charge >= 0.3 is 0 Å². The third-order valence-electron chi connectivity index (χ3n) is 2.36. The Morgan fingerprint density at radius 1 is 1.60 bits per heavy atom. The van der Waals surface area contributed by atoms with Crippen molar-refractivity contribution in [1.82, 2.24) is 4.31 Å². The Labute approximate surface area is 96.6 Å². The molecule has 1 aliphatic rings. The molecule has 0 aromatic rings. The predicted octanol–water partition coefficient (Wildman–Crippen LogP) is 0.912. The maximum absolute atomic E-state index is 11.9. The quantitative estimate of drug-likeness (QED) is 0.702. The molecule has 1 aliphatic heterocycles. The monoisotopic (exact) mass is 255 g/mol. The van der Waals surface area contributed by atoms with Crippen LogP contribution in [0.1, 0.15) is 13.8 Å². The van der Waals surface area contributed by atoms with E-state index in [1.54, 1.807) is 0 Å². The van der Waals surface area contributed by atoms with Crippen LogP contribution in [-0.4, -0.2) is 50.2 Å². The van der Waals surface area contributed by atoms with Crippen molar-refractivity contribution in [3.8, 4) is 0 Å². The lowest BCUT2D eigenvalue weighted by Gasteiger charge is -2.30. The van der Waals surface area contributed by atoms with Crippen molar-refractivity contribution in [1.29, 1.82) is 0 Å². The first-order valence-corrected chi connectivity index (χ1v) is 7.25. The second-order valence-electron chi connectivity index (χ2n) is 4.08. The minimum absolute atomic E-state index is 0.00480. The normalized spacial score (nSPS) is 26.5. The summed E-state index contributed by atoms with van der Waals surface area (Å²) in [6.45, 7) is 5.12. The van der Waals surface area contributed by atoms with Crippen molar-refractivity contribution in [2.75, 3.05) is 31.3 Å².